The smallest absolute Gasteiger partial charge is 0.263 e. The summed E-state index contributed by atoms with van der Waals surface area (Å²) in [5.41, 5.74) is 1.32. The van der Waals surface area contributed by atoms with Crippen LogP contribution in [0.2, 0.25) is 0 Å². The Morgan fingerprint density at radius 2 is 1.95 bits per heavy atom. The number of anilines is 2. The Morgan fingerprint density at radius 1 is 1.29 bits per heavy atom. The molecule has 0 bridgehead atoms. The van der Waals surface area contributed by atoms with E-state index >= 15 is 0 Å². The molecule has 1 aromatic carbocycles. The average molecular weight is 308 g/mol. The number of nitrogens with zero attached hydrogens (tertiary/aromatic N) is 1. The van der Waals surface area contributed by atoms with Crippen LogP contribution in [0.4, 0.5) is 11.5 Å². The zero-order valence-electron chi connectivity index (χ0n) is 11.7. The molecule has 0 aliphatic carbocycles. The minimum atomic E-state index is -3.70. The summed E-state index contributed by atoms with van der Waals surface area (Å²) in [6.07, 6.45) is 2.24. The Kier molecular flexibility index (Phi) is 4.27. The number of hydrogen-bond donors (Lipinski definition) is 3. The normalized spacial score (nSPS) is 11.1. The molecule has 2 rings (SSSR count). The maximum atomic E-state index is 12.3. The highest BCUT2D eigenvalue weighted by Crippen LogP contribution is 2.19. The summed E-state index contributed by atoms with van der Waals surface area (Å²) in [5, 5.41) is 9.02. The van der Waals surface area contributed by atoms with Crippen LogP contribution in [0.3, 0.4) is 0 Å². The number of sulfonamides is 1. The maximum absolute atomic E-state index is 12.3. The van der Waals surface area contributed by atoms with Gasteiger partial charge in [-0.25, -0.2) is 8.42 Å². The molecule has 7 nitrogen and oxygen atoms in total. The second-order valence-electron chi connectivity index (χ2n) is 4.43. The summed E-state index contributed by atoms with van der Waals surface area (Å²) < 4.78 is 27.0. The topological polar surface area (TPSA) is 104 Å². The van der Waals surface area contributed by atoms with Crippen LogP contribution < -0.4 is 10.0 Å². The molecule has 0 saturated carbocycles. The predicted molar refractivity (Wildman–Crippen MR) is 79.5 cm³/mol. The Morgan fingerprint density at radius 3 is 2.52 bits per heavy atom. The van der Waals surface area contributed by atoms with E-state index in [0.717, 1.165) is 5.56 Å². The molecule has 0 fully saturated rings. The second kappa shape index (κ2) is 5.96. The van der Waals surface area contributed by atoms with Gasteiger partial charge in [0.05, 0.1) is 11.1 Å². The van der Waals surface area contributed by atoms with E-state index in [0.29, 0.717) is 17.9 Å². The first-order chi connectivity index (χ1) is 9.92. The van der Waals surface area contributed by atoms with Gasteiger partial charge in [-0.1, -0.05) is 6.92 Å². The Hall–Kier alpha value is -2.35. The van der Waals surface area contributed by atoms with Gasteiger partial charge in [0.25, 0.3) is 10.0 Å². The fraction of sp³-hybridized carbons (Fsp3) is 0.231. The van der Waals surface area contributed by atoms with E-state index in [1.54, 1.807) is 6.20 Å². The van der Waals surface area contributed by atoms with Crippen molar-refractivity contribution < 1.29 is 13.2 Å². The predicted octanol–water partition coefficient (Wildman–Crippen LogP) is 1.73. The number of nitrogens with one attached hydrogen (secondary N) is 3. The molecule has 0 radical (unpaired) electrons. The highest BCUT2D eigenvalue weighted by molar-refractivity contribution is 7.92. The Balaban J connectivity index is 2.21. The largest absolute Gasteiger partial charge is 0.326 e. The Bertz CT molecular complexity index is 735. The summed E-state index contributed by atoms with van der Waals surface area (Å²) in [7, 11) is -3.70. The van der Waals surface area contributed by atoms with Crippen molar-refractivity contribution in [3.63, 3.8) is 0 Å². The van der Waals surface area contributed by atoms with Crippen molar-refractivity contribution >= 4 is 27.4 Å². The van der Waals surface area contributed by atoms with Crippen molar-refractivity contribution in [1.29, 1.82) is 0 Å². The lowest BCUT2D eigenvalue weighted by molar-refractivity contribution is -0.114. The van der Waals surface area contributed by atoms with Gasteiger partial charge in [-0.15, -0.1) is 0 Å². The van der Waals surface area contributed by atoms with Crippen molar-refractivity contribution in [2.24, 2.45) is 0 Å². The molecule has 0 atom stereocenters. The fourth-order valence-electron chi connectivity index (χ4n) is 1.78. The molecule has 21 heavy (non-hydrogen) atoms. The van der Waals surface area contributed by atoms with Gasteiger partial charge in [0.15, 0.2) is 0 Å². The number of carbonyl (C=O) groups excluding carboxylic acids is 1. The molecular formula is C13H16N4O3S. The number of amides is 1. The highest BCUT2D eigenvalue weighted by Gasteiger charge is 2.16. The zero-order chi connectivity index (χ0) is 15.5. The number of benzene rings is 1. The van der Waals surface area contributed by atoms with Crippen molar-refractivity contribution in [3.05, 3.63) is 36.0 Å². The Labute approximate surface area is 122 Å². The molecule has 8 heteroatoms. The first kappa shape index (κ1) is 15.0. The first-order valence-corrected chi connectivity index (χ1v) is 7.83. The minimum absolute atomic E-state index is 0.105. The van der Waals surface area contributed by atoms with Crippen molar-refractivity contribution in [2.75, 3.05) is 10.0 Å². The van der Waals surface area contributed by atoms with E-state index in [-0.39, 0.29) is 10.8 Å². The monoisotopic (exact) mass is 308 g/mol. The molecular weight excluding hydrogens is 292 g/mol. The lowest BCUT2D eigenvalue weighted by Crippen LogP contribution is -2.14. The van der Waals surface area contributed by atoms with Crippen LogP contribution in [0.1, 0.15) is 19.4 Å². The third kappa shape index (κ3) is 3.60. The fourth-order valence-corrected chi connectivity index (χ4v) is 2.84. The number of aromatic nitrogens is 2. The molecule has 0 spiro atoms. The highest BCUT2D eigenvalue weighted by atomic mass is 32.2. The summed E-state index contributed by atoms with van der Waals surface area (Å²) in [4.78, 5) is 11.0. The second-order valence-corrected chi connectivity index (χ2v) is 6.12. The van der Waals surface area contributed by atoms with Gasteiger partial charge in [0, 0.05) is 18.2 Å². The van der Waals surface area contributed by atoms with E-state index in [9.17, 15) is 13.2 Å². The molecule has 2 aromatic rings. The molecule has 1 amide bonds. The first-order valence-electron chi connectivity index (χ1n) is 6.35. The van der Waals surface area contributed by atoms with Crippen LogP contribution in [0, 0.1) is 0 Å². The number of hydrogen-bond acceptors (Lipinski definition) is 4. The SMILES string of the molecule is CCc1cn[nH]c1NS(=O)(=O)c1ccc(NC(C)=O)cc1. The minimum Gasteiger partial charge on any atom is -0.326 e. The molecule has 1 aromatic heterocycles. The van der Waals surface area contributed by atoms with Gasteiger partial charge >= 0.3 is 0 Å². The lowest BCUT2D eigenvalue weighted by atomic mass is 10.3. The third-order valence-corrected chi connectivity index (χ3v) is 4.19. The zero-order valence-corrected chi connectivity index (χ0v) is 12.5. The summed E-state index contributed by atoms with van der Waals surface area (Å²) >= 11 is 0. The summed E-state index contributed by atoms with van der Waals surface area (Å²) in [6, 6.07) is 5.92. The molecule has 0 aliphatic rings. The summed E-state index contributed by atoms with van der Waals surface area (Å²) in [5.74, 6) is 0.150. The standard InChI is InChI=1S/C13H16N4O3S/c1-3-10-8-14-16-13(10)17-21(19,20)12-6-4-11(5-7-12)15-9(2)18/h4-8H,3H2,1-2H3,(H,15,18)(H2,14,16,17). The lowest BCUT2D eigenvalue weighted by Gasteiger charge is -2.08. The van der Waals surface area contributed by atoms with Crippen LogP contribution >= 0.6 is 0 Å². The molecule has 0 saturated heterocycles. The molecule has 0 unspecified atom stereocenters. The van der Waals surface area contributed by atoms with Crippen molar-refractivity contribution in [1.82, 2.24) is 10.2 Å². The number of aryl methyl sites for hydroxylation is 1. The van der Waals surface area contributed by atoms with Crippen molar-refractivity contribution in [3.8, 4) is 0 Å². The quantitative estimate of drug-likeness (QED) is 0.782. The van der Waals surface area contributed by atoms with Gasteiger partial charge in [-0.05, 0) is 30.7 Å². The van der Waals surface area contributed by atoms with Crippen molar-refractivity contribution in [2.45, 2.75) is 25.2 Å². The molecule has 1 heterocycles. The van der Waals surface area contributed by atoms with E-state index < -0.39 is 10.0 Å². The van der Waals surface area contributed by atoms with E-state index in [1.807, 2.05) is 6.92 Å². The van der Waals surface area contributed by atoms with Gasteiger partial charge in [0.2, 0.25) is 5.91 Å². The number of H-pyrrole nitrogens is 1. The number of aromatic amines is 1. The van der Waals surface area contributed by atoms with Gasteiger partial charge < -0.3 is 5.32 Å². The third-order valence-electron chi connectivity index (χ3n) is 2.82. The van der Waals surface area contributed by atoms with Crippen LogP contribution in [-0.2, 0) is 21.2 Å². The molecule has 3 N–H and O–H groups in total. The maximum Gasteiger partial charge on any atom is 0.263 e. The van der Waals surface area contributed by atoms with Gasteiger partial charge in [-0.3, -0.25) is 14.6 Å². The van der Waals surface area contributed by atoms with E-state index in [2.05, 4.69) is 20.2 Å². The van der Waals surface area contributed by atoms with Crippen LogP contribution in [0.25, 0.3) is 0 Å². The van der Waals surface area contributed by atoms with Crippen LogP contribution in [-0.4, -0.2) is 24.5 Å². The van der Waals surface area contributed by atoms with Gasteiger partial charge in [0.1, 0.15) is 5.82 Å². The molecule has 112 valence electrons. The van der Waals surface area contributed by atoms with Gasteiger partial charge in [-0.2, -0.15) is 5.10 Å². The van der Waals surface area contributed by atoms with E-state index in [4.69, 9.17) is 0 Å². The number of rotatable bonds is 5. The summed E-state index contributed by atoms with van der Waals surface area (Å²) in [6.45, 7) is 3.29. The number of carbonyl (C=O) groups is 1. The van der Waals surface area contributed by atoms with E-state index in [1.165, 1.54) is 31.2 Å². The molecule has 0 aliphatic heterocycles. The van der Waals surface area contributed by atoms with Crippen LogP contribution in [0.5, 0.6) is 0 Å². The van der Waals surface area contributed by atoms with Crippen LogP contribution in [0.15, 0.2) is 35.4 Å². The average Bonchev–Trinajstić information content (AvgIpc) is 2.85.